The fourth-order valence-corrected chi connectivity index (χ4v) is 3.99. The Hall–Kier alpha value is 0.0400. The third-order valence-electron chi connectivity index (χ3n) is 2.12. The minimum absolute atomic E-state index is 0.0462. The van der Waals surface area contributed by atoms with Gasteiger partial charge in [0.05, 0.1) is 4.90 Å². The number of hydrogen-bond donors (Lipinski definition) is 0. The molecule has 0 saturated heterocycles. The second-order valence-electron chi connectivity index (χ2n) is 4.83. The molecule has 0 spiro atoms. The summed E-state index contributed by atoms with van der Waals surface area (Å²) in [5.74, 6) is 0. The van der Waals surface area contributed by atoms with Crippen molar-refractivity contribution < 1.29 is 8.42 Å². The SMILES string of the molecule is CC(C)(C)C(Cl)S(=O)(=O)c1cc(Cl)cc(Cl)c1. The van der Waals surface area contributed by atoms with Crippen molar-refractivity contribution in [2.75, 3.05) is 0 Å². The highest BCUT2D eigenvalue weighted by atomic mass is 35.5. The van der Waals surface area contributed by atoms with Crippen molar-refractivity contribution in [2.24, 2.45) is 5.41 Å². The van der Waals surface area contributed by atoms with E-state index in [1.165, 1.54) is 18.2 Å². The topological polar surface area (TPSA) is 34.1 Å². The number of halogens is 3. The summed E-state index contributed by atoms with van der Waals surface area (Å²) in [6.45, 7) is 5.27. The van der Waals surface area contributed by atoms with Crippen LogP contribution in [0.2, 0.25) is 10.0 Å². The molecular weight excluding hydrogens is 303 g/mol. The number of sulfone groups is 1. The van der Waals surface area contributed by atoms with E-state index >= 15 is 0 Å². The molecule has 1 atom stereocenters. The van der Waals surface area contributed by atoms with Gasteiger partial charge in [-0.2, -0.15) is 0 Å². The van der Waals surface area contributed by atoms with Crippen LogP contribution in [-0.4, -0.2) is 13.1 Å². The molecule has 0 aliphatic carbocycles. The van der Waals surface area contributed by atoms with E-state index in [0.717, 1.165) is 0 Å². The largest absolute Gasteiger partial charge is 0.222 e. The van der Waals surface area contributed by atoms with Gasteiger partial charge >= 0.3 is 0 Å². The van der Waals surface area contributed by atoms with Gasteiger partial charge in [-0.3, -0.25) is 0 Å². The van der Waals surface area contributed by atoms with E-state index < -0.39 is 20.0 Å². The van der Waals surface area contributed by atoms with Crippen LogP contribution in [0.5, 0.6) is 0 Å². The molecule has 0 N–H and O–H groups in total. The molecule has 0 bridgehead atoms. The van der Waals surface area contributed by atoms with Crippen molar-refractivity contribution >= 4 is 44.6 Å². The molecule has 0 heterocycles. The molecular formula is C11H13Cl3O2S. The van der Waals surface area contributed by atoms with Gasteiger partial charge in [0.1, 0.15) is 4.71 Å². The summed E-state index contributed by atoms with van der Waals surface area (Å²) >= 11 is 17.6. The van der Waals surface area contributed by atoms with Gasteiger partial charge in [0.25, 0.3) is 0 Å². The standard InChI is InChI=1S/C11H13Cl3O2S/c1-11(2,3)10(14)17(15,16)9-5-7(12)4-8(13)6-9/h4-6,10H,1-3H3. The van der Waals surface area contributed by atoms with Gasteiger partial charge in [-0.05, 0) is 23.6 Å². The minimum atomic E-state index is -3.65. The third kappa shape index (κ3) is 3.50. The summed E-state index contributed by atoms with van der Waals surface area (Å²) in [5.41, 5.74) is -0.574. The normalized spacial score (nSPS) is 14.7. The van der Waals surface area contributed by atoms with Crippen LogP contribution in [0.25, 0.3) is 0 Å². The van der Waals surface area contributed by atoms with Crippen molar-refractivity contribution in [3.63, 3.8) is 0 Å². The average molecular weight is 316 g/mol. The second kappa shape index (κ2) is 4.96. The van der Waals surface area contributed by atoms with Crippen LogP contribution in [0, 0.1) is 5.41 Å². The minimum Gasteiger partial charge on any atom is -0.222 e. The summed E-state index contributed by atoms with van der Waals surface area (Å²) < 4.78 is 23.4. The van der Waals surface area contributed by atoms with E-state index in [9.17, 15) is 8.42 Å². The van der Waals surface area contributed by atoms with Crippen molar-refractivity contribution in [3.8, 4) is 0 Å². The molecule has 1 aromatic carbocycles. The van der Waals surface area contributed by atoms with Crippen LogP contribution in [0.1, 0.15) is 20.8 Å². The first-order chi connectivity index (χ1) is 7.55. The molecule has 17 heavy (non-hydrogen) atoms. The first kappa shape index (κ1) is 15.1. The maximum absolute atomic E-state index is 12.2. The van der Waals surface area contributed by atoms with Gasteiger partial charge < -0.3 is 0 Å². The van der Waals surface area contributed by atoms with Crippen LogP contribution in [0.3, 0.4) is 0 Å². The molecule has 0 saturated carbocycles. The van der Waals surface area contributed by atoms with E-state index in [0.29, 0.717) is 0 Å². The average Bonchev–Trinajstić information content (AvgIpc) is 2.13. The van der Waals surface area contributed by atoms with Crippen LogP contribution >= 0.6 is 34.8 Å². The van der Waals surface area contributed by atoms with Gasteiger partial charge in [0.2, 0.25) is 0 Å². The van der Waals surface area contributed by atoms with E-state index in [2.05, 4.69) is 0 Å². The van der Waals surface area contributed by atoms with E-state index in [1.54, 1.807) is 20.8 Å². The molecule has 1 unspecified atom stereocenters. The molecule has 0 radical (unpaired) electrons. The zero-order valence-corrected chi connectivity index (χ0v) is 12.8. The lowest BCUT2D eigenvalue weighted by Crippen LogP contribution is -2.29. The summed E-state index contributed by atoms with van der Waals surface area (Å²) in [4.78, 5) is 0.0462. The smallest absolute Gasteiger partial charge is 0.195 e. The first-order valence-electron chi connectivity index (χ1n) is 4.89. The van der Waals surface area contributed by atoms with Crippen LogP contribution in [-0.2, 0) is 9.84 Å². The van der Waals surface area contributed by atoms with Gasteiger partial charge in [-0.1, -0.05) is 44.0 Å². The Labute approximate surface area is 117 Å². The maximum Gasteiger partial charge on any atom is 0.195 e. The molecule has 2 nitrogen and oxygen atoms in total. The quantitative estimate of drug-likeness (QED) is 0.759. The van der Waals surface area contributed by atoms with E-state index in [-0.39, 0.29) is 14.9 Å². The summed E-state index contributed by atoms with van der Waals surface area (Å²) in [7, 11) is -3.65. The van der Waals surface area contributed by atoms with Crippen molar-refractivity contribution in [2.45, 2.75) is 30.4 Å². The van der Waals surface area contributed by atoms with E-state index in [1.807, 2.05) is 0 Å². The number of alkyl halides is 1. The van der Waals surface area contributed by atoms with E-state index in [4.69, 9.17) is 34.8 Å². The zero-order chi connectivity index (χ0) is 13.4. The molecule has 6 heteroatoms. The first-order valence-corrected chi connectivity index (χ1v) is 7.63. The highest BCUT2D eigenvalue weighted by Gasteiger charge is 2.35. The molecule has 0 amide bonds. The lowest BCUT2D eigenvalue weighted by Gasteiger charge is -2.25. The monoisotopic (exact) mass is 314 g/mol. The van der Waals surface area contributed by atoms with Crippen molar-refractivity contribution in [3.05, 3.63) is 28.2 Å². The summed E-state index contributed by atoms with van der Waals surface area (Å²) in [6, 6.07) is 4.18. The van der Waals surface area contributed by atoms with Gasteiger partial charge in [-0.15, -0.1) is 11.6 Å². The third-order valence-corrected chi connectivity index (χ3v) is 6.06. The Morgan fingerprint density at radius 1 is 1.06 bits per heavy atom. The van der Waals surface area contributed by atoms with Gasteiger partial charge in [0, 0.05) is 10.0 Å². The van der Waals surface area contributed by atoms with Crippen LogP contribution in [0.15, 0.2) is 23.1 Å². The van der Waals surface area contributed by atoms with Gasteiger partial charge in [0.15, 0.2) is 9.84 Å². The lowest BCUT2D eigenvalue weighted by molar-refractivity contribution is 0.436. The Bertz CT molecular complexity index is 498. The molecule has 0 aromatic heterocycles. The molecule has 96 valence electrons. The summed E-state index contributed by atoms with van der Waals surface area (Å²) in [6.07, 6.45) is 0. The number of benzene rings is 1. The zero-order valence-electron chi connectivity index (χ0n) is 9.67. The number of hydrogen-bond acceptors (Lipinski definition) is 2. The lowest BCUT2D eigenvalue weighted by atomic mass is 10.0. The number of rotatable bonds is 2. The molecule has 0 aliphatic rings. The molecule has 1 rings (SSSR count). The Morgan fingerprint density at radius 3 is 1.82 bits per heavy atom. The van der Waals surface area contributed by atoms with Crippen molar-refractivity contribution in [1.82, 2.24) is 0 Å². The predicted molar refractivity (Wildman–Crippen MR) is 72.7 cm³/mol. The van der Waals surface area contributed by atoms with Crippen molar-refractivity contribution in [1.29, 1.82) is 0 Å². The highest BCUT2D eigenvalue weighted by molar-refractivity contribution is 7.93. The Morgan fingerprint density at radius 2 is 1.47 bits per heavy atom. The molecule has 0 fully saturated rings. The predicted octanol–water partition coefficient (Wildman–Crippen LogP) is 4.38. The maximum atomic E-state index is 12.2. The molecule has 1 aromatic rings. The molecule has 0 aliphatic heterocycles. The summed E-state index contributed by atoms with van der Waals surface area (Å²) in [5, 5.41) is 0.544. The fraction of sp³-hybridized carbons (Fsp3) is 0.455. The van der Waals surface area contributed by atoms with Crippen LogP contribution < -0.4 is 0 Å². The fourth-order valence-electron chi connectivity index (χ4n) is 1.28. The highest BCUT2D eigenvalue weighted by Crippen LogP contribution is 2.34. The van der Waals surface area contributed by atoms with Gasteiger partial charge in [-0.25, -0.2) is 8.42 Å². The Balaban J connectivity index is 3.32. The second-order valence-corrected chi connectivity index (χ2v) is 8.43. The Kier molecular flexibility index (Phi) is 4.41. The van der Waals surface area contributed by atoms with Crippen LogP contribution in [0.4, 0.5) is 0 Å².